The standard InChI is InChI=1S/C40H50FN3O7/c1-26-14-18-44(19-15-26)37(47)48-34-12-8-28(9-13-34)30-4-2-16-39(23-30)49-40(51-50-39)31-20-27-21-32(40)25-38(22-27,24-31)43-35(45)5-3-17-42-36(46)29-6-10-33(41)11-7-29/h6-13,26-27,30-32H,2-5,14-25H2,1H3,(H,42,46)(H,43,45)/t27?,30?,31?,32?,38?,39-,40?/m1/s1/i41-1. The summed E-state index contributed by atoms with van der Waals surface area (Å²) in [4.78, 5) is 52.6. The molecule has 2 heterocycles. The zero-order valence-electron chi connectivity index (χ0n) is 29.5. The number of hydrogen-bond donors (Lipinski definition) is 2. The lowest BCUT2D eigenvalue weighted by atomic mass is 9.50. The van der Waals surface area contributed by atoms with Gasteiger partial charge in [-0.15, -0.1) is 0 Å². The Bertz CT molecular complexity index is 1590. The zero-order chi connectivity index (χ0) is 35.2. The minimum atomic E-state index is -0.802. The van der Waals surface area contributed by atoms with Crippen LogP contribution in [0.4, 0.5) is 9.18 Å². The van der Waals surface area contributed by atoms with Crippen molar-refractivity contribution in [2.24, 2.45) is 23.7 Å². The van der Waals surface area contributed by atoms with E-state index in [1.165, 1.54) is 29.8 Å². The molecule has 3 unspecified atom stereocenters. The van der Waals surface area contributed by atoms with Crippen molar-refractivity contribution in [3.63, 3.8) is 0 Å². The number of piperidine rings is 1. The van der Waals surface area contributed by atoms with E-state index in [1.54, 1.807) is 4.90 Å². The van der Waals surface area contributed by atoms with E-state index in [4.69, 9.17) is 19.2 Å². The molecule has 7 fully saturated rings. The number of carbonyl (C=O) groups is 3. The third-order valence-electron chi connectivity index (χ3n) is 12.6. The highest BCUT2D eigenvalue weighted by atomic mass is 18.2. The lowest BCUT2D eigenvalue weighted by Crippen LogP contribution is -2.69. The summed E-state index contributed by atoms with van der Waals surface area (Å²) in [7, 11) is 0. The average Bonchev–Trinajstić information content (AvgIpc) is 3.48. The van der Waals surface area contributed by atoms with Gasteiger partial charge in [0.25, 0.3) is 5.91 Å². The van der Waals surface area contributed by atoms with Crippen molar-refractivity contribution >= 4 is 17.9 Å². The molecule has 2 aromatic carbocycles. The number of halogens is 1. The van der Waals surface area contributed by atoms with E-state index in [9.17, 15) is 18.8 Å². The average molecular weight is 703 g/mol. The Morgan fingerprint density at radius 3 is 2.37 bits per heavy atom. The SMILES string of the molecule is CC1CCN(C(=O)Oc2ccc(C3CCC[C@]4(C3)OOC3(O4)C4CC5CC3CC(NC(=O)CCCNC(=O)c3ccc([18F])cc3)(C5)C4)cc2)CC1. The molecule has 2 N–H and O–H groups in total. The maximum atomic E-state index is 13.2. The zero-order valence-corrected chi connectivity index (χ0v) is 29.5. The molecule has 5 aliphatic carbocycles. The summed E-state index contributed by atoms with van der Waals surface area (Å²) in [5.41, 5.74) is 1.30. The lowest BCUT2D eigenvalue weighted by molar-refractivity contribution is -0.391. The second-order valence-corrected chi connectivity index (χ2v) is 16.3. The Morgan fingerprint density at radius 1 is 0.922 bits per heavy atom. The largest absolute Gasteiger partial charge is 0.415 e. The molecule has 4 atom stereocenters. The molecule has 2 aromatic rings. The summed E-state index contributed by atoms with van der Waals surface area (Å²) in [5, 5.41) is 6.24. The van der Waals surface area contributed by atoms with Crippen LogP contribution in [0.5, 0.6) is 5.75 Å². The molecule has 2 aliphatic heterocycles. The molecule has 274 valence electrons. The van der Waals surface area contributed by atoms with Crippen LogP contribution in [0, 0.1) is 29.5 Å². The summed E-state index contributed by atoms with van der Waals surface area (Å²) in [6.07, 6.45) is 10.6. The van der Waals surface area contributed by atoms with E-state index in [0.717, 1.165) is 77.3 Å². The highest BCUT2D eigenvalue weighted by Crippen LogP contribution is 2.65. The minimum Gasteiger partial charge on any atom is -0.410 e. The van der Waals surface area contributed by atoms with Gasteiger partial charge in [0.05, 0.1) is 0 Å². The number of amides is 3. The number of likely N-dealkylation sites (tertiary alicyclic amines) is 1. The van der Waals surface area contributed by atoms with Crippen LogP contribution < -0.4 is 15.4 Å². The molecular weight excluding hydrogens is 652 g/mol. The van der Waals surface area contributed by atoms with Crippen molar-refractivity contribution in [2.45, 2.75) is 113 Å². The predicted octanol–water partition coefficient (Wildman–Crippen LogP) is 6.99. The molecular formula is C40H50FN3O7. The summed E-state index contributed by atoms with van der Waals surface area (Å²) in [6.45, 7) is 4.08. The summed E-state index contributed by atoms with van der Waals surface area (Å²) in [6, 6.07) is 13.3. The molecule has 2 spiro atoms. The maximum absolute atomic E-state index is 13.2. The Morgan fingerprint density at radius 2 is 1.65 bits per heavy atom. The van der Waals surface area contributed by atoms with Crippen molar-refractivity contribution in [1.29, 1.82) is 0 Å². The molecule has 0 aromatic heterocycles. The van der Waals surface area contributed by atoms with E-state index in [1.807, 2.05) is 12.1 Å². The van der Waals surface area contributed by atoms with Gasteiger partial charge in [-0.2, -0.15) is 9.78 Å². The summed E-state index contributed by atoms with van der Waals surface area (Å²) in [5.74, 6) is -0.0338. The van der Waals surface area contributed by atoms with Crippen LogP contribution in [0.1, 0.15) is 112 Å². The van der Waals surface area contributed by atoms with Crippen molar-refractivity contribution < 1.29 is 38.0 Å². The van der Waals surface area contributed by atoms with Crippen molar-refractivity contribution in [2.75, 3.05) is 19.6 Å². The van der Waals surface area contributed by atoms with Crippen molar-refractivity contribution in [1.82, 2.24) is 15.5 Å². The molecule has 5 saturated carbocycles. The van der Waals surface area contributed by atoms with Gasteiger partial charge in [0, 0.05) is 61.8 Å². The highest BCUT2D eigenvalue weighted by molar-refractivity contribution is 5.94. The normalized spacial score (nSPS) is 34.2. The van der Waals surface area contributed by atoms with Crippen LogP contribution in [-0.2, 0) is 19.3 Å². The molecule has 9 rings (SSSR count). The van der Waals surface area contributed by atoms with E-state index in [-0.39, 0.29) is 47.0 Å². The summed E-state index contributed by atoms with van der Waals surface area (Å²) >= 11 is 0. The highest BCUT2D eigenvalue weighted by Gasteiger charge is 2.70. The lowest BCUT2D eigenvalue weighted by Gasteiger charge is -2.62. The molecule has 51 heavy (non-hydrogen) atoms. The van der Waals surface area contributed by atoms with E-state index in [0.29, 0.717) is 49.0 Å². The number of benzene rings is 2. The molecule has 0 radical (unpaired) electrons. The Balaban J connectivity index is 0.845. The second-order valence-electron chi connectivity index (χ2n) is 16.3. The molecule has 2 saturated heterocycles. The van der Waals surface area contributed by atoms with Gasteiger partial charge >= 0.3 is 6.09 Å². The van der Waals surface area contributed by atoms with E-state index < -0.39 is 11.6 Å². The molecule has 3 amide bonds. The number of nitrogens with zero attached hydrogens (tertiary/aromatic N) is 1. The number of ether oxygens (including phenoxy) is 2. The Hall–Kier alpha value is -3.54. The van der Waals surface area contributed by atoms with Crippen LogP contribution in [0.2, 0.25) is 0 Å². The number of hydrogen-bond acceptors (Lipinski definition) is 7. The first-order valence-corrected chi connectivity index (χ1v) is 19.1. The van der Waals surface area contributed by atoms with Crippen LogP contribution in [-0.4, -0.2) is 59.6 Å². The second kappa shape index (κ2) is 13.8. The first-order valence-electron chi connectivity index (χ1n) is 19.1. The third-order valence-corrected chi connectivity index (χ3v) is 12.6. The van der Waals surface area contributed by atoms with Gasteiger partial charge < -0.3 is 25.0 Å². The van der Waals surface area contributed by atoms with Gasteiger partial charge in [-0.25, -0.2) is 9.18 Å². The molecule has 4 bridgehead atoms. The first-order chi connectivity index (χ1) is 24.6. The fourth-order valence-electron chi connectivity index (χ4n) is 10.2. The topological polar surface area (TPSA) is 115 Å². The van der Waals surface area contributed by atoms with E-state index >= 15 is 0 Å². The fourth-order valence-corrected chi connectivity index (χ4v) is 10.2. The molecule has 11 heteroatoms. The Labute approximate surface area is 299 Å². The van der Waals surface area contributed by atoms with Crippen LogP contribution >= 0.6 is 0 Å². The van der Waals surface area contributed by atoms with Crippen LogP contribution in [0.15, 0.2) is 48.5 Å². The first kappa shape index (κ1) is 34.5. The van der Waals surface area contributed by atoms with Gasteiger partial charge in [-0.05, 0) is 124 Å². The number of rotatable bonds is 8. The van der Waals surface area contributed by atoms with Gasteiger partial charge in [-0.3, -0.25) is 9.59 Å². The van der Waals surface area contributed by atoms with Crippen molar-refractivity contribution in [3.05, 3.63) is 65.5 Å². The van der Waals surface area contributed by atoms with E-state index in [2.05, 4.69) is 29.7 Å². The summed E-state index contributed by atoms with van der Waals surface area (Å²) < 4.78 is 25.9. The van der Waals surface area contributed by atoms with Gasteiger partial charge in [0.1, 0.15) is 11.6 Å². The van der Waals surface area contributed by atoms with Crippen molar-refractivity contribution in [3.8, 4) is 5.75 Å². The van der Waals surface area contributed by atoms with Crippen LogP contribution in [0.25, 0.3) is 0 Å². The number of carbonyl (C=O) groups excluding carboxylic acids is 3. The number of nitrogens with one attached hydrogen (secondary N) is 2. The monoisotopic (exact) mass is 702 g/mol. The Kier molecular flexibility index (Phi) is 9.34. The van der Waals surface area contributed by atoms with Gasteiger partial charge in [0.15, 0.2) is 0 Å². The minimum absolute atomic E-state index is 0.0000424. The van der Waals surface area contributed by atoms with Gasteiger partial charge in [-0.1, -0.05) is 19.1 Å². The predicted molar refractivity (Wildman–Crippen MR) is 185 cm³/mol. The smallest absolute Gasteiger partial charge is 0.410 e. The molecule has 10 nitrogen and oxygen atoms in total. The third kappa shape index (κ3) is 7.01. The maximum Gasteiger partial charge on any atom is 0.415 e. The van der Waals surface area contributed by atoms with Gasteiger partial charge in [0.2, 0.25) is 17.5 Å². The quantitative estimate of drug-likeness (QED) is 0.225. The molecule has 7 aliphatic rings. The van der Waals surface area contributed by atoms with Crippen LogP contribution in [0.3, 0.4) is 0 Å². The fraction of sp³-hybridized carbons (Fsp3) is 0.625.